The summed E-state index contributed by atoms with van der Waals surface area (Å²) in [6.45, 7) is 7.21. The molecule has 0 aromatic rings. The van der Waals surface area contributed by atoms with Crippen molar-refractivity contribution in [3.63, 3.8) is 0 Å². The number of rotatable bonds is 6. The number of halogens is 2. The number of hydrogen-bond donors (Lipinski definition) is 1. The second-order valence-corrected chi connectivity index (χ2v) is 6.31. The van der Waals surface area contributed by atoms with E-state index in [4.69, 9.17) is 0 Å². The molecule has 1 rings (SSSR count). The molecule has 1 heterocycles. The maximum atomic E-state index is 12.6. The number of likely N-dealkylation sites (N-methyl/N-ethyl adjacent to an activating group) is 1. The minimum Gasteiger partial charge on any atom is -0.341 e. The molecule has 21 heavy (non-hydrogen) atoms. The molecule has 4 nitrogen and oxygen atoms in total. The summed E-state index contributed by atoms with van der Waals surface area (Å²) in [7, 11) is 6.01. The number of carbonyl (C=O) groups is 1. The molecule has 1 unspecified atom stereocenters. The van der Waals surface area contributed by atoms with Crippen molar-refractivity contribution >= 4 is 30.7 Å². The molecule has 1 aliphatic heterocycles. The van der Waals surface area contributed by atoms with Crippen molar-refractivity contribution in [2.24, 2.45) is 11.8 Å². The van der Waals surface area contributed by atoms with Crippen molar-refractivity contribution in [3.8, 4) is 0 Å². The summed E-state index contributed by atoms with van der Waals surface area (Å²) in [5.74, 6) is 1.46. The first kappa shape index (κ1) is 23.2. The van der Waals surface area contributed by atoms with Crippen molar-refractivity contribution in [2.75, 3.05) is 40.8 Å². The van der Waals surface area contributed by atoms with Gasteiger partial charge in [0.05, 0.1) is 6.04 Å². The maximum absolute atomic E-state index is 12.6. The zero-order valence-electron chi connectivity index (χ0n) is 14.1. The average molecular weight is 342 g/mol. The van der Waals surface area contributed by atoms with Crippen molar-refractivity contribution in [1.82, 2.24) is 15.1 Å². The van der Waals surface area contributed by atoms with E-state index in [1.54, 1.807) is 0 Å². The topological polar surface area (TPSA) is 35.6 Å². The number of amides is 1. The molecule has 0 bridgehead atoms. The Morgan fingerprint density at radius 1 is 1.24 bits per heavy atom. The standard InChI is InChI=1S/C15H31N3O.2ClH/c1-12(2)14(17(4)5)15(19)18-10-7-13(8-11-18)6-9-16-3;;/h12-14,16H,6-11H2,1-5H3;2*1H. The summed E-state index contributed by atoms with van der Waals surface area (Å²) in [6.07, 6.45) is 3.55. The predicted octanol–water partition coefficient (Wildman–Crippen LogP) is 2.26. The van der Waals surface area contributed by atoms with Crippen LogP contribution < -0.4 is 5.32 Å². The minimum absolute atomic E-state index is 0. The molecular formula is C15H33Cl2N3O. The molecule has 0 aromatic heterocycles. The lowest BCUT2D eigenvalue weighted by atomic mass is 9.92. The monoisotopic (exact) mass is 341 g/mol. The van der Waals surface area contributed by atoms with Gasteiger partial charge in [-0.15, -0.1) is 24.8 Å². The van der Waals surface area contributed by atoms with Crippen molar-refractivity contribution in [2.45, 2.75) is 39.2 Å². The fourth-order valence-corrected chi connectivity index (χ4v) is 3.08. The lowest BCUT2D eigenvalue weighted by Crippen LogP contribution is -2.51. The number of piperidine rings is 1. The SMILES string of the molecule is CNCCC1CCN(C(=O)C(C(C)C)N(C)C)CC1.Cl.Cl. The van der Waals surface area contributed by atoms with Gasteiger partial charge in [0.1, 0.15) is 0 Å². The quantitative estimate of drug-likeness (QED) is 0.804. The number of nitrogens with one attached hydrogen (secondary N) is 1. The molecular weight excluding hydrogens is 309 g/mol. The molecule has 1 atom stereocenters. The van der Waals surface area contributed by atoms with Crippen LogP contribution in [0.2, 0.25) is 0 Å². The van der Waals surface area contributed by atoms with Gasteiger partial charge in [0.25, 0.3) is 0 Å². The minimum atomic E-state index is 0. The molecule has 0 spiro atoms. The molecule has 0 aliphatic carbocycles. The highest BCUT2D eigenvalue weighted by molar-refractivity contribution is 5.85. The molecule has 1 saturated heterocycles. The van der Waals surface area contributed by atoms with Crippen LogP contribution in [0.15, 0.2) is 0 Å². The summed E-state index contributed by atoms with van der Waals surface area (Å²) >= 11 is 0. The van der Waals surface area contributed by atoms with Crippen LogP contribution in [0.5, 0.6) is 0 Å². The normalized spacial score (nSPS) is 17.4. The number of hydrogen-bond acceptors (Lipinski definition) is 3. The number of likely N-dealkylation sites (tertiary alicyclic amines) is 1. The second-order valence-electron chi connectivity index (χ2n) is 6.31. The Labute approximate surface area is 142 Å². The van der Waals surface area contributed by atoms with E-state index in [-0.39, 0.29) is 30.9 Å². The van der Waals surface area contributed by atoms with Gasteiger partial charge >= 0.3 is 0 Å². The van der Waals surface area contributed by atoms with E-state index < -0.39 is 0 Å². The fraction of sp³-hybridized carbons (Fsp3) is 0.933. The highest BCUT2D eigenvalue weighted by Crippen LogP contribution is 2.22. The fourth-order valence-electron chi connectivity index (χ4n) is 3.08. The van der Waals surface area contributed by atoms with Crippen LogP contribution in [0.3, 0.4) is 0 Å². The Bertz CT molecular complexity index is 272. The molecule has 1 N–H and O–H groups in total. The molecule has 1 fully saturated rings. The molecule has 128 valence electrons. The smallest absolute Gasteiger partial charge is 0.240 e. The van der Waals surface area contributed by atoms with E-state index in [1.807, 2.05) is 21.1 Å². The lowest BCUT2D eigenvalue weighted by molar-refractivity contribution is -0.139. The van der Waals surface area contributed by atoms with Crippen LogP contribution in [0.1, 0.15) is 33.1 Å². The van der Waals surface area contributed by atoms with E-state index >= 15 is 0 Å². The van der Waals surface area contributed by atoms with Crippen molar-refractivity contribution in [3.05, 3.63) is 0 Å². The van der Waals surface area contributed by atoms with Gasteiger partial charge in [-0.1, -0.05) is 13.8 Å². The summed E-state index contributed by atoms with van der Waals surface area (Å²) in [6, 6.07) is 0.0221. The molecule has 0 radical (unpaired) electrons. The Balaban J connectivity index is 0. The van der Waals surface area contributed by atoms with Crippen LogP contribution >= 0.6 is 24.8 Å². The lowest BCUT2D eigenvalue weighted by Gasteiger charge is -2.37. The van der Waals surface area contributed by atoms with Gasteiger partial charge < -0.3 is 10.2 Å². The number of nitrogens with zero attached hydrogens (tertiary/aromatic N) is 2. The van der Waals surface area contributed by atoms with Crippen LogP contribution in [-0.4, -0.2) is 62.5 Å². The molecule has 6 heteroatoms. The Hall–Kier alpha value is -0.0300. The van der Waals surface area contributed by atoms with Crippen LogP contribution in [0, 0.1) is 11.8 Å². The van der Waals surface area contributed by atoms with Gasteiger partial charge in [0.2, 0.25) is 5.91 Å². The van der Waals surface area contributed by atoms with E-state index in [0.717, 1.165) is 38.4 Å². The van der Waals surface area contributed by atoms with Gasteiger partial charge in [-0.25, -0.2) is 0 Å². The summed E-state index contributed by atoms with van der Waals surface area (Å²) in [5.41, 5.74) is 0. The summed E-state index contributed by atoms with van der Waals surface area (Å²) < 4.78 is 0. The average Bonchev–Trinajstić information content (AvgIpc) is 2.36. The third-order valence-corrected chi connectivity index (χ3v) is 4.17. The molecule has 0 saturated carbocycles. The van der Waals surface area contributed by atoms with E-state index in [9.17, 15) is 4.79 Å². The van der Waals surface area contributed by atoms with E-state index in [0.29, 0.717) is 11.8 Å². The largest absolute Gasteiger partial charge is 0.341 e. The van der Waals surface area contributed by atoms with Gasteiger partial charge in [0.15, 0.2) is 0 Å². The Morgan fingerprint density at radius 3 is 2.14 bits per heavy atom. The third-order valence-electron chi connectivity index (χ3n) is 4.17. The summed E-state index contributed by atoms with van der Waals surface area (Å²) in [5, 5.41) is 3.21. The number of carbonyl (C=O) groups excluding carboxylic acids is 1. The summed E-state index contributed by atoms with van der Waals surface area (Å²) in [4.78, 5) is 16.7. The first-order valence-electron chi connectivity index (χ1n) is 7.57. The maximum Gasteiger partial charge on any atom is 0.240 e. The van der Waals surface area contributed by atoms with Gasteiger partial charge in [-0.3, -0.25) is 9.69 Å². The van der Waals surface area contributed by atoms with Crippen molar-refractivity contribution < 1.29 is 4.79 Å². The highest BCUT2D eigenvalue weighted by Gasteiger charge is 2.31. The van der Waals surface area contributed by atoms with Crippen LogP contribution in [0.25, 0.3) is 0 Å². The van der Waals surface area contributed by atoms with Crippen LogP contribution in [0.4, 0.5) is 0 Å². The molecule has 0 aromatic carbocycles. The first-order chi connectivity index (χ1) is 8.97. The van der Waals surface area contributed by atoms with Gasteiger partial charge in [-0.05, 0) is 58.8 Å². The predicted molar refractivity (Wildman–Crippen MR) is 94.7 cm³/mol. The Morgan fingerprint density at radius 2 is 1.76 bits per heavy atom. The zero-order valence-corrected chi connectivity index (χ0v) is 15.7. The first-order valence-corrected chi connectivity index (χ1v) is 7.57. The zero-order chi connectivity index (χ0) is 14.4. The van der Waals surface area contributed by atoms with E-state index in [2.05, 4.69) is 29.0 Å². The van der Waals surface area contributed by atoms with Gasteiger partial charge in [0, 0.05) is 13.1 Å². The molecule has 1 aliphatic rings. The third kappa shape index (κ3) is 7.18. The Kier molecular flexibility index (Phi) is 12.8. The van der Waals surface area contributed by atoms with E-state index in [1.165, 1.54) is 6.42 Å². The van der Waals surface area contributed by atoms with Crippen molar-refractivity contribution in [1.29, 1.82) is 0 Å². The highest BCUT2D eigenvalue weighted by atomic mass is 35.5. The molecule has 1 amide bonds. The second kappa shape index (κ2) is 11.5. The van der Waals surface area contributed by atoms with Crippen LogP contribution in [-0.2, 0) is 4.79 Å². The van der Waals surface area contributed by atoms with Gasteiger partial charge in [-0.2, -0.15) is 0 Å².